The molecular weight excluding hydrogens is 572 g/mol. The van der Waals surface area contributed by atoms with E-state index < -0.39 is 35.7 Å². The summed E-state index contributed by atoms with van der Waals surface area (Å²) in [6.07, 6.45) is 5.00. The zero-order valence-electron chi connectivity index (χ0n) is 21.4. The lowest BCUT2D eigenvalue weighted by Crippen LogP contribution is -2.46. The van der Waals surface area contributed by atoms with E-state index in [0.29, 0.717) is 28.0 Å². The molecule has 3 aromatic rings. The monoisotopic (exact) mass is 594 g/mol. The summed E-state index contributed by atoms with van der Waals surface area (Å²) in [6.45, 7) is 1.44. The van der Waals surface area contributed by atoms with Gasteiger partial charge in [-0.1, -0.05) is 64.5 Å². The number of nitrogens with zero attached hydrogens (tertiary/aromatic N) is 2. The third-order valence-electron chi connectivity index (χ3n) is 7.78. The van der Waals surface area contributed by atoms with Gasteiger partial charge < -0.3 is 4.90 Å². The average molecular weight is 595 g/mol. The van der Waals surface area contributed by atoms with Crippen LogP contribution in [0.1, 0.15) is 38.0 Å². The van der Waals surface area contributed by atoms with E-state index in [9.17, 15) is 24.0 Å². The molecule has 0 N–H and O–H groups in total. The number of benzene rings is 3. The highest BCUT2D eigenvalue weighted by Gasteiger charge is 2.63. The number of Topliss-reactive ketones (excluding diaryl/α,β-unsaturated/α-hetero) is 3. The van der Waals surface area contributed by atoms with Gasteiger partial charge in [-0.15, -0.1) is 0 Å². The third-order valence-corrected chi connectivity index (χ3v) is 8.30. The van der Waals surface area contributed by atoms with Crippen LogP contribution in [-0.2, 0) is 9.59 Å². The highest BCUT2D eigenvalue weighted by atomic mass is 79.9. The van der Waals surface area contributed by atoms with E-state index >= 15 is 0 Å². The number of fused-ring (bicyclic) bond motifs is 3. The molecule has 0 aromatic heterocycles. The van der Waals surface area contributed by atoms with Crippen molar-refractivity contribution < 1.29 is 24.0 Å². The van der Waals surface area contributed by atoms with Crippen molar-refractivity contribution in [3.05, 3.63) is 124 Å². The maximum Gasteiger partial charge on any atom is 0.240 e. The molecule has 198 valence electrons. The van der Waals surface area contributed by atoms with Crippen LogP contribution in [0.5, 0.6) is 0 Å². The molecular formula is C32H23BrN2O5. The van der Waals surface area contributed by atoms with E-state index in [1.165, 1.54) is 6.92 Å². The van der Waals surface area contributed by atoms with E-state index in [1.807, 2.05) is 6.07 Å². The van der Waals surface area contributed by atoms with E-state index in [-0.39, 0.29) is 17.3 Å². The second-order valence-corrected chi connectivity index (χ2v) is 11.0. The van der Waals surface area contributed by atoms with Gasteiger partial charge in [0.2, 0.25) is 11.8 Å². The van der Waals surface area contributed by atoms with Gasteiger partial charge in [0, 0.05) is 32.9 Å². The number of carbonyl (C=O) groups excluding carboxylic acids is 5. The molecule has 0 bridgehead atoms. The molecule has 2 saturated heterocycles. The second kappa shape index (κ2) is 9.95. The smallest absolute Gasteiger partial charge is 0.240 e. The second-order valence-electron chi connectivity index (χ2n) is 10.1. The van der Waals surface area contributed by atoms with Crippen LogP contribution in [-0.4, -0.2) is 46.1 Å². The van der Waals surface area contributed by atoms with Crippen molar-refractivity contribution in [1.29, 1.82) is 0 Å². The Balaban J connectivity index is 1.42. The van der Waals surface area contributed by atoms with Crippen LogP contribution in [0.3, 0.4) is 0 Å². The van der Waals surface area contributed by atoms with Crippen molar-refractivity contribution >= 4 is 50.8 Å². The summed E-state index contributed by atoms with van der Waals surface area (Å²) in [5.41, 5.74) is 2.12. The predicted octanol–water partition coefficient (Wildman–Crippen LogP) is 5.03. The molecule has 3 aliphatic heterocycles. The minimum atomic E-state index is -0.951. The zero-order chi connectivity index (χ0) is 28.1. The number of hydrogen-bond donors (Lipinski definition) is 0. The molecule has 2 fully saturated rings. The van der Waals surface area contributed by atoms with Gasteiger partial charge in [0.1, 0.15) is 6.04 Å². The van der Waals surface area contributed by atoms with Gasteiger partial charge in [0.05, 0.1) is 23.6 Å². The Morgan fingerprint density at radius 2 is 1.38 bits per heavy atom. The van der Waals surface area contributed by atoms with E-state index in [4.69, 9.17) is 0 Å². The first-order valence-corrected chi connectivity index (χ1v) is 13.6. The maximum atomic E-state index is 13.9. The van der Waals surface area contributed by atoms with Crippen LogP contribution >= 0.6 is 15.9 Å². The van der Waals surface area contributed by atoms with Crippen LogP contribution in [0, 0.1) is 11.8 Å². The first-order valence-electron chi connectivity index (χ1n) is 12.8. The number of ketones is 3. The quantitative estimate of drug-likeness (QED) is 0.293. The molecule has 0 unspecified atom stereocenters. The highest BCUT2D eigenvalue weighted by molar-refractivity contribution is 9.10. The Morgan fingerprint density at radius 3 is 2.02 bits per heavy atom. The fourth-order valence-corrected chi connectivity index (χ4v) is 6.10. The van der Waals surface area contributed by atoms with Crippen molar-refractivity contribution in [1.82, 2.24) is 4.90 Å². The Morgan fingerprint density at radius 1 is 0.750 bits per heavy atom. The number of anilines is 1. The lowest BCUT2D eigenvalue weighted by Gasteiger charge is -2.32. The lowest BCUT2D eigenvalue weighted by atomic mass is 9.85. The zero-order valence-corrected chi connectivity index (χ0v) is 22.9. The topological polar surface area (TPSA) is 91.8 Å². The standard InChI is InChI=1S/C32H23BrN2O5/c1-18(36)19-9-13-24(14-10-19)35-31(39)26-25-17-22(29(37)20-5-3-2-4-6-20)15-16-34(25)28(27(26)32(35)40)30(38)21-7-11-23(33)12-8-21/h2-17,25-28H,1H3/t25-,26+,27+,28-/m1/s1. The minimum Gasteiger partial charge on any atom is -0.359 e. The van der Waals surface area contributed by atoms with Crippen molar-refractivity contribution in [2.24, 2.45) is 11.8 Å². The number of imide groups is 1. The highest BCUT2D eigenvalue weighted by Crippen LogP contribution is 2.47. The van der Waals surface area contributed by atoms with Gasteiger partial charge in [0.15, 0.2) is 17.3 Å². The maximum absolute atomic E-state index is 13.9. The van der Waals surface area contributed by atoms with Gasteiger partial charge in [-0.3, -0.25) is 24.0 Å². The number of rotatable bonds is 6. The Kier molecular flexibility index (Phi) is 6.43. The lowest BCUT2D eigenvalue weighted by molar-refractivity contribution is -0.123. The van der Waals surface area contributed by atoms with E-state index in [1.54, 1.807) is 96.0 Å². The third kappa shape index (κ3) is 4.16. The largest absolute Gasteiger partial charge is 0.359 e. The number of allylic oxidation sites excluding steroid dienone is 2. The summed E-state index contributed by atoms with van der Waals surface area (Å²) in [7, 11) is 0. The number of halogens is 1. The van der Waals surface area contributed by atoms with Gasteiger partial charge in [-0.2, -0.15) is 0 Å². The molecule has 8 heteroatoms. The van der Waals surface area contributed by atoms with Crippen LogP contribution in [0.2, 0.25) is 0 Å². The van der Waals surface area contributed by atoms with E-state index in [2.05, 4.69) is 15.9 Å². The Bertz CT molecular complexity index is 1630. The van der Waals surface area contributed by atoms with Crippen LogP contribution in [0.4, 0.5) is 5.69 Å². The van der Waals surface area contributed by atoms with Crippen molar-refractivity contribution in [3.63, 3.8) is 0 Å². The van der Waals surface area contributed by atoms with Crippen molar-refractivity contribution in [2.45, 2.75) is 19.0 Å². The summed E-state index contributed by atoms with van der Waals surface area (Å²) in [6, 6.07) is 20.4. The number of carbonyl (C=O) groups is 5. The van der Waals surface area contributed by atoms with Gasteiger partial charge in [-0.25, -0.2) is 4.90 Å². The molecule has 4 atom stereocenters. The van der Waals surface area contributed by atoms with Crippen molar-refractivity contribution in [2.75, 3.05) is 4.90 Å². The number of hydrogen-bond acceptors (Lipinski definition) is 6. The molecule has 7 nitrogen and oxygen atoms in total. The Hall–Kier alpha value is -4.43. The molecule has 3 heterocycles. The normalized spacial score (nSPS) is 23.1. The molecule has 6 rings (SSSR count). The number of amides is 2. The van der Waals surface area contributed by atoms with Gasteiger partial charge in [-0.05, 0) is 49.4 Å². The fraction of sp³-hybridized carbons (Fsp3) is 0.156. The summed E-state index contributed by atoms with van der Waals surface area (Å²) >= 11 is 3.38. The summed E-state index contributed by atoms with van der Waals surface area (Å²) in [5.74, 6) is -3.35. The molecule has 3 aromatic carbocycles. The van der Waals surface area contributed by atoms with Crippen LogP contribution < -0.4 is 4.90 Å². The summed E-state index contributed by atoms with van der Waals surface area (Å²) in [5, 5.41) is 0. The SMILES string of the molecule is CC(=O)c1ccc(N2C(=O)[C@@H]3[C@H](C2=O)[C@H](C(=O)c2ccc(Br)cc2)N2C=CC(C(=O)c4ccccc4)=C[C@H]32)cc1. The molecule has 0 spiro atoms. The molecule has 40 heavy (non-hydrogen) atoms. The van der Waals surface area contributed by atoms with Gasteiger partial charge in [0.25, 0.3) is 0 Å². The van der Waals surface area contributed by atoms with Crippen LogP contribution in [0.15, 0.2) is 107 Å². The molecule has 0 aliphatic carbocycles. The average Bonchev–Trinajstić information content (AvgIpc) is 3.44. The molecule has 3 aliphatic rings. The molecule has 0 saturated carbocycles. The molecule has 0 radical (unpaired) electrons. The first-order chi connectivity index (χ1) is 19.3. The predicted molar refractivity (Wildman–Crippen MR) is 152 cm³/mol. The van der Waals surface area contributed by atoms with E-state index in [0.717, 1.165) is 9.37 Å². The Labute approximate surface area is 238 Å². The van der Waals surface area contributed by atoms with Gasteiger partial charge >= 0.3 is 0 Å². The summed E-state index contributed by atoms with van der Waals surface area (Å²) in [4.78, 5) is 69.6. The fourth-order valence-electron chi connectivity index (χ4n) is 5.84. The summed E-state index contributed by atoms with van der Waals surface area (Å²) < 4.78 is 0.809. The molecule has 2 amide bonds. The van der Waals surface area contributed by atoms with Crippen LogP contribution in [0.25, 0.3) is 0 Å². The first kappa shape index (κ1) is 25.8. The van der Waals surface area contributed by atoms with Crippen molar-refractivity contribution in [3.8, 4) is 0 Å². The minimum absolute atomic E-state index is 0.131.